The highest BCUT2D eigenvalue weighted by Gasteiger charge is 2.12. The summed E-state index contributed by atoms with van der Waals surface area (Å²) in [6.07, 6.45) is 7.16. The lowest BCUT2D eigenvalue weighted by Crippen LogP contribution is -1.94. The number of imidazole rings is 2. The predicted molar refractivity (Wildman–Crippen MR) is 101 cm³/mol. The van der Waals surface area contributed by atoms with Gasteiger partial charge in [-0.05, 0) is 12.1 Å². The minimum atomic E-state index is 0.900. The second-order valence-electron chi connectivity index (χ2n) is 6.29. The van der Waals surface area contributed by atoms with Crippen LogP contribution >= 0.6 is 0 Å². The molecule has 0 aliphatic rings. The van der Waals surface area contributed by atoms with Crippen molar-refractivity contribution in [1.82, 2.24) is 29.1 Å². The standard InChI is InChI=1S/C20H16N6/c1-25-17-7-9-21-11-15(17)23-19(25)13-3-5-14(6-4-13)20-24-16-12-22-10-8-18(16)26(20)2/h3-12H,1-2H3. The minimum absolute atomic E-state index is 0.900. The van der Waals surface area contributed by atoms with Gasteiger partial charge in [-0.3, -0.25) is 9.97 Å². The van der Waals surface area contributed by atoms with E-state index in [0.717, 1.165) is 44.8 Å². The number of benzene rings is 1. The Morgan fingerprint density at radius 3 is 1.42 bits per heavy atom. The normalized spacial score (nSPS) is 11.5. The topological polar surface area (TPSA) is 61.4 Å². The highest BCUT2D eigenvalue weighted by Crippen LogP contribution is 2.27. The number of hydrogen-bond acceptors (Lipinski definition) is 4. The van der Waals surface area contributed by atoms with Crippen LogP contribution in [0.4, 0.5) is 0 Å². The Kier molecular flexibility index (Phi) is 3.12. The first-order valence-electron chi connectivity index (χ1n) is 8.36. The molecule has 4 heterocycles. The molecule has 0 atom stereocenters. The first-order valence-corrected chi connectivity index (χ1v) is 8.36. The summed E-state index contributed by atoms with van der Waals surface area (Å²) in [5.41, 5.74) is 6.07. The Labute approximate surface area is 149 Å². The second kappa shape index (κ2) is 5.49. The fourth-order valence-corrected chi connectivity index (χ4v) is 3.39. The number of nitrogens with zero attached hydrogens (tertiary/aromatic N) is 6. The Bertz CT molecular complexity index is 1150. The van der Waals surface area contributed by atoms with E-state index in [1.165, 1.54) is 0 Å². The number of aryl methyl sites for hydroxylation is 2. The third-order valence-corrected chi connectivity index (χ3v) is 4.77. The molecule has 0 aliphatic carbocycles. The maximum Gasteiger partial charge on any atom is 0.140 e. The zero-order valence-electron chi connectivity index (χ0n) is 14.5. The highest BCUT2D eigenvalue weighted by atomic mass is 15.1. The maximum absolute atomic E-state index is 4.71. The van der Waals surface area contributed by atoms with E-state index in [1.807, 2.05) is 26.2 Å². The Morgan fingerprint density at radius 2 is 1.04 bits per heavy atom. The molecule has 6 heteroatoms. The molecule has 0 saturated heterocycles. The summed E-state index contributed by atoms with van der Waals surface area (Å²) < 4.78 is 4.18. The molecule has 0 fully saturated rings. The quantitative estimate of drug-likeness (QED) is 0.493. The van der Waals surface area contributed by atoms with Gasteiger partial charge in [0.25, 0.3) is 0 Å². The first kappa shape index (κ1) is 14.8. The second-order valence-corrected chi connectivity index (χ2v) is 6.29. The van der Waals surface area contributed by atoms with Gasteiger partial charge >= 0.3 is 0 Å². The minimum Gasteiger partial charge on any atom is -0.327 e. The smallest absolute Gasteiger partial charge is 0.140 e. The van der Waals surface area contributed by atoms with Gasteiger partial charge in [-0.15, -0.1) is 0 Å². The molecule has 0 radical (unpaired) electrons. The van der Waals surface area contributed by atoms with Gasteiger partial charge < -0.3 is 9.13 Å². The number of rotatable bonds is 2. The number of hydrogen-bond donors (Lipinski definition) is 0. The van der Waals surface area contributed by atoms with Gasteiger partial charge in [0.05, 0.1) is 23.4 Å². The lowest BCUT2D eigenvalue weighted by molar-refractivity contribution is 0.955. The monoisotopic (exact) mass is 340 g/mol. The van der Waals surface area contributed by atoms with E-state index in [2.05, 4.69) is 43.4 Å². The molecular formula is C20H16N6. The summed E-state index contributed by atoms with van der Waals surface area (Å²) in [5, 5.41) is 0. The van der Waals surface area contributed by atoms with Gasteiger partial charge in [0.2, 0.25) is 0 Å². The van der Waals surface area contributed by atoms with Crippen LogP contribution < -0.4 is 0 Å². The number of pyridine rings is 2. The molecule has 26 heavy (non-hydrogen) atoms. The van der Waals surface area contributed by atoms with Crippen molar-refractivity contribution in [2.24, 2.45) is 14.1 Å². The van der Waals surface area contributed by atoms with Gasteiger partial charge in [-0.25, -0.2) is 9.97 Å². The first-order chi connectivity index (χ1) is 12.7. The zero-order chi connectivity index (χ0) is 17.7. The lowest BCUT2D eigenvalue weighted by atomic mass is 10.1. The molecule has 5 rings (SSSR count). The Hall–Kier alpha value is -3.54. The molecular weight excluding hydrogens is 324 g/mol. The molecule has 5 aromatic rings. The molecule has 0 amide bonds. The van der Waals surface area contributed by atoms with E-state index in [4.69, 9.17) is 9.97 Å². The van der Waals surface area contributed by atoms with Crippen molar-refractivity contribution in [3.05, 3.63) is 61.2 Å². The van der Waals surface area contributed by atoms with E-state index >= 15 is 0 Å². The van der Waals surface area contributed by atoms with Crippen molar-refractivity contribution in [2.75, 3.05) is 0 Å². The van der Waals surface area contributed by atoms with E-state index in [9.17, 15) is 0 Å². The number of aromatic nitrogens is 6. The van der Waals surface area contributed by atoms with Crippen molar-refractivity contribution in [2.45, 2.75) is 0 Å². The molecule has 126 valence electrons. The van der Waals surface area contributed by atoms with Crippen molar-refractivity contribution in [3.8, 4) is 22.8 Å². The van der Waals surface area contributed by atoms with Crippen LogP contribution in [0, 0.1) is 0 Å². The van der Waals surface area contributed by atoms with E-state index in [1.54, 1.807) is 24.8 Å². The van der Waals surface area contributed by atoms with Gasteiger partial charge in [-0.1, -0.05) is 24.3 Å². The molecule has 6 nitrogen and oxygen atoms in total. The summed E-state index contributed by atoms with van der Waals surface area (Å²) in [5.74, 6) is 1.85. The Morgan fingerprint density at radius 1 is 0.615 bits per heavy atom. The van der Waals surface area contributed by atoms with Crippen molar-refractivity contribution in [1.29, 1.82) is 0 Å². The molecule has 0 bridgehead atoms. The average Bonchev–Trinajstić information content (AvgIpc) is 3.20. The Balaban J connectivity index is 1.60. The molecule has 0 unspecified atom stereocenters. The molecule has 0 saturated carbocycles. The summed E-state index contributed by atoms with van der Waals surface area (Å²) in [6, 6.07) is 12.3. The molecule has 0 N–H and O–H groups in total. The third-order valence-electron chi connectivity index (χ3n) is 4.77. The van der Waals surface area contributed by atoms with Crippen LogP contribution in [0.2, 0.25) is 0 Å². The lowest BCUT2D eigenvalue weighted by Gasteiger charge is -2.05. The van der Waals surface area contributed by atoms with Gasteiger partial charge in [0.1, 0.15) is 22.7 Å². The van der Waals surface area contributed by atoms with Gasteiger partial charge in [-0.2, -0.15) is 0 Å². The highest BCUT2D eigenvalue weighted by molar-refractivity contribution is 5.81. The van der Waals surface area contributed by atoms with Crippen LogP contribution in [0.5, 0.6) is 0 Å². The average molecular weight is 340 g/mol. The van der Waals surface area contributed by atoms with Gasteiger partial charge in [0.15, 0.2) is 0 Å². The van der Waals surface area contributed by atoms with E-state index < -0.39 is 0 Å². The van der Waals surface area contributed by atoms with Crippen LogP contribution in [0.3, 0.4) is 0 Å². The van der Waals surface area contributed by atoms with Crippen LogP contribution in [0.25, 0.3) is 44.8 Å². The SMILES string of the molecule is Cn1c(-c2ccc(-c3nc4cnccc4n3C)cc2)nc2cnccc21. The van der Waals surface area contributed by atoms with Gasteiger partial charge in [0, 0.05) is 37.6 Å². The summed E-state index contributed by atoms with van der Waals surface area (Å²) in [7, 11) is 4.05. The fourth-order valence-electron chi connectivity index (χ4n) is 3.39. The van der Waals surface area contributed by atoms with Crippen LogP contribution in [-0.2, 0) is 14.1 Å². The van der Waals surface area contributed by atoms with E-state index in [-0.39, 0.29) is 0 Å². The number of fused-ring (bicyclic) bond motifs is 2. The fraction of sp³-hybridized carbons (Fsp3) is 0.100. The summed E-state index contributed by atoms with van der Waals surface area (Å²) in [6.45, 7) is 0. The predicted octanol–water partition coefficient (Wildman–Crippen LogP) is 3.58. The zero-order valence-corrected chi connectivity index (χ0v) is 14.5. The molecule has 1 aromatic carbocycles. The summed E-state index contributed by atoms with van der Waals surface area (Å²) in [4.78, 5) is 17.7. The largest absolute Gasteiger partial charge is 0.327 e. The van der Waals surface area contributed by atoms with Crippen LogP contribution in [0.1, 0.15) is 0 Å². The van der Waals surface area contributed by atoms with Crippen LogP contribution in [0.15, 0.2) is 61.2 Å². The molecule has 0 spiro atoms. The molecule has 4 aromatic heterocycles. The maximum atomic E-state index is 4.71. The summed E-state index contributed by atoms with van der Waals surface area (Å²) >= 11 is 0. The van der Waals surface area contributed by atoms with Crippen molar-refractivity contribution < 1.29 is 0 Å². The molecule has 0 aliphatic heterocycles. The third kappa shape index (κ3) is 2.12. The van der Waals surface area contributed by atoms with Crippen molar-refractivity contribution in [3.63, 3.8) is 0 Å². The van der Waals surface area contributed by atoms with E-state index in [0.29, 0.717) is 0 Å². The van der Waals surface area contributed by atoms with Crippen LogP contribution in [-0.4, -0.2) is 29.1 Å². The van der Waals surface area contributed by atoms with Crippen molar-refractivity contribution >= 4 is 22.1 Å².